The van der Waals surface area contributed by atoms with Crippen molar-refractivity contribution < 1.29 is 9.69 Å². The van der Waals surface area contributed by atoms with E-state index in [2.05, 4.69) is 35.3 Å². The second-order valence-corrected chi connectivity index (χ2v) is 7.37. The Kier molecular flexibility index (Phi) is 6.53. The fourth-order valence-electron chi connectivity index (χ4n) is 3.44. The molecule has 0 radical (unpaired) electrons. The first-order valence-corrected chi connectivity index (χ1v) is 9.65. The lowest BCUT2D eigenvalue weighted by molar-refractivity contribution is -0.892. The molecule has 0 aliphatic carbocycles. The molecule has 0 atom stereocenters. The zero-order valence-corrected chi connectivity index (χ0v) is 16.1. The van der Waals surface area contributed by atoms with Gasteiger partial charge in [0.15, 0.2) is 6.54 Å². The number of aryl methyl sites for hydroxylation is 1. The average molecular weight is 373 g/mol. The molecule has 0 saturated carbocycles. The fraction of sp³-hybridized carbons (Fsp3) is 0.381. The molecule has 1 aliphatic heterocycles. The molecule has 1 amide bonds. The van der Waals surface area contributed by atoms with E-state index in [1.54, 1.807) is 0 Å². The van der Waals surface area contributed by atoms with Crippen LogP contribution < -0.4 is 15.1 Å². The highest BCUT2D eigenvalue weighted by Gasteiger charge is 2.23. The van der Waals surface area contributed by atoms with Crippen molar-refractivity contribution in [2.75, 3.05) is 44.2 Å². The number of amides is 1. The molecule has 138 valence electrons. The van der Waals surface area contributed by atoms with Crippen molar-refractivity contribution in [3.8, 4) is 0 Å². The van der Waals surface area contributed by atoms with Crippen molar-refractivity contribution in [1.29, 1.82) is 0 Å². The van der Waals surface area contributed by atoms with Gasteiger partial charge in [0.2, 0.25) is 0 Å². The predicted molar refractivity (Wildman–Crippen MR) is 107 cm³/mol. The Morgan fingerprint density at radius 1 is 1.15 bits per heavy atom. The topological polar surface area (TPSA) is 36.8 Å². The smallest absolute Gasteiger partial charge is 0.275 e. The summed E-state index contributed by atoms with van der Waals surface area (Å²) >= 11 is 6.14. The highest BCUT2D eigenvalue weighted by Crippen LogP contribution is 2.24. The van der Waals surface area contributed by atoms with Crippen LogP contribution in [0.5, 0.6) is 0 Å². The number of rotatable bonds is 6. The van der Waals surface area contributed by atoms with Crippen LogP contribution in [0.25, 0.3) is 0 Å². The number of hydrogen-bond acceptors (Lipinski definition) is 2. The van der Waals surface area contributed by atoms with E-state index < -0.39 is 0 Å². The minimum Gasteiger partial charge on any atom is -0.360 e. The van der Waals surface area contributed by atoms with Crippen LogP contribution in [0.15, 0.2) is 48.5 Å². The first-order valence-electron chi connectivity index (χ1n) is 9.27. The van der Waals surface area contributed by atoms with E-state index in [4.69, 9.17) is 11.6 Å². The number of hydrogen-bond donors (Lipinski definition) is 2. The summed E-state index contributed by atoms with van der Waals surface area (Å²) in [6, 6.07) is 16.3. The van der Waals surface area contributed by atoms with Gasteiger partial charge in [-0.3, -0.25) is 4.79 Å². The molecule has 26 heavy (non-hydrogen) atoms. The quantitative estimate of drug-likeness (QED) is 0.810. The largest absolute Gasteiger partial charge is 0.360 e. The van der Waals surface area contributed by atoms with Crippen molar-refractivity contribution in [3.05, 3.63) is 64.7 Å². The number of benzene rings is 2. The van der Waals surface area contributed by atoms with E-state index >= 15 is 0 Å². The third kappa shape index (κ3) is 5.23. The number of piperazine rings is 1. The highest BCUT2D eigenvalue weighted by molar-refractivity contribution is 6.30. The van der Waals surface area contributed by atoms with E-state index in [9.17, 15) is 4.79 Å². The third-order valence-corrected chi connectivity index (χ3v) is 5.21. The summed E-state index contributed by atoms with van der Waals surface area (Å²) in [7, 11) is 0. The van der Waals surface area contributed by atoms with Crippen molar-refractivity contribution in [3.63, 3.8) is 0 Å². The first kappa shape index (κ1) is 18.7. The van der Waals surface area contributed by atoms with Gasteiger partial charge in [0, 0.05) is 17.3 Å². The summed E-state index contributed by atoms with van der Waals surface area (Å²) in [5.74, 6) is 0.142. The predicted octanol–water partition coefficient (Wildman–Crippen LogP) is 1.71. The van der Waals surface area contributed by atoms with Crippen LogP contribution in [-0.2, 0) is 11.2 Å². The van der Waals surface area contributed by atoms with Gasteiger partial charge in [-0.2, -0.15) is 0 Å². The SMILES string of the molecule is Cc1ccc(Cl)cc1N1CC[NH+](CC(=O)NCCc2ccccc2)CC1. The van der Waals surface area contributed by atoms with Gasteiger partial charge in [0.05, 0.1) is 26.2 Å². The van der Waals surface area contributed by atoms with Crippen molar-refractivity contribution in [1.82, 2.24) is 5.32 Å². The molecule has 0 aromatic heterocycles. The normalized spacial score (nSPS) is 15.1. The Balaban J connectivity index is 1.41. The fourth-order valence-corrected chi connectivity index (χ4v) is 3.61. The Morgan fingerprint density at radius 3 is 2.62 bits per heavy atom. The van der Waals surface area contributed by atoms with Gasteiger partial charge in [-0.15, -0.1) is 0 Å². The standard InChI is InChI=1S/C21H26ClN3O/c1-17-7-8-19(22)15-20(17)25-13-11-24(12-14-25)16-21(26)23-10-9-18-5-3-2-4-6-18/h2-8,15H,9-14,16H2,1H3,(H,23,26)/p+1. The summed E-state index contributed by atoms with van der Waals surface area (Å²) in [6.45, 7) is 7.21. The molecule has 2 aromatic carbocycles. The maximum Gasteiger partial charge on any atom is 0.275 e. The summed E-state index contributed by atoms with van der Waals surface area (Å²) in [4.78, 5) is 15.9. The van der Waals surface area contributed by atoms with E-state index in [0.29, 0.717) is 13.1 Å². The van der Waals surface area contributed by atoms with Crippen LogP contribution >= 0.6 is 11.6 Å². The zero-order valence-electron chi connectivity index (χ0n) is 15.3. The molecule has 0 unspecified atom stereocenters. The first-order chi connectivity index (χ1) is 12.6. The van der Waals surface area contributed by atoms with Crippen LogP contribution in [0.1, 0.15) is 11.1 Å². The second kappa shape index (κ2) is 9.06. The highest BCUT2D eigenvalue weighted by atomic mass is 35.5. The van der Waals surface area contributed by atoms with Crippen molar-refractivity contribution in [2.24, 2.45) is 0 Å². The van der Waals surface area contributed by atoms with Crippen LogP contribution in [-0.4, -0.2) is 45.2 Å². The van der Waals surface area contributed by atoms with Gasteiger partial charge in [-0.25, -0.2) is 0 Å². The molecular formula is C21H27ClN3O+. The Morgan fingerprint density at radius 2 is 1.88 bits per heavy atom. The van der Waals surface area contributed by atoms with Gasteiger partial charge in [-0.05, 0) is 36.6 Å². The van der Waals surface area contributed by atoms with Crippen LogP contribution in [0.2, 0.25) is 5.02 Å². The zero-order chi connectivity index (χ0) is 18.4. The van der Waals surface area contributed by atoms with Crippen LogP contribution in [0.4, 0.5) is 5.69 Å². The van der Waals surface area contributed by atoms with E-state index in [1.807, 2.05) is 30.3 Å². The molecule has 2 aromatic rings. The number of nitrogens with one attached hydrogen (secondary N) is 2. The molecule has 1 aliphatic rings. The molecule has 1 heterocycles. The third-order valence-electron chi connectivity index (χ3n) is 4.97. The van der Waals surface area contributed by atoms with E-state index in [1.165, 1.54) is 21.7 Å². The minimum absolute atomic E-state index is 0.142. The summed E-state index contributed by atoms with van der Waals surface area (Å²) in [5, 5.41) is 3.82. The van der Waals surface area contributed by atoms with Crippen LogP contribution in [0.3, 0.4) is 0 Å². The number of anilines is 1. The molecular weight excluding hydrogens is 346 g/mol. The number of carbonyl (C=O) groups excluding carboxylic acids is 1. The molecule has 0 spiro atoms. The van der Waals surface area contributed by atoms with Gasteiger partial charge in [-0.1, -0.05) is 48.0 Å². The second-order valence-electron chi connectivity index (χ2n) is 6.93. The van der Waals surface area contributed by atoms with Crippen molar-refractivity contribution in [2.45, 2.75) is 13.3 Å². The summed E-state index contributed by atoms with van der Waals surface area (Å²) < 4.78 is 0. The van der Waals surface area contributed by atoms with Gasteiger partial charge in [0.25, 0.3) is 5.91 Å². The van der Waals surface area contributed by atoms with Crippen molar-refractivity contribution >= 4 is 23.2 Å². The molecule has 1 saturated heterocycles. The Labute approximate surface area is 160 Å². The number of carbonyl (C=O) groups is 1. The lowest BCUT2D eigenvalue weighted by Gasteiger charge is -2.34. The lowest BCUT2D eigenvalue weighted by atomic mass is 10.1. The maximum atomic E-state index is 12.2. The molecule has 2 N–H and O–H groups in total. The Bertz CT molecular complexity index is 727. The lowest BCUT2D eigenvalue weighted by Crippen LogP contribution is -3.16. The molecule has 3 rings (SSSR count). The molecule has 4 nitrogen and oxygen atoms in total. The number of nitrogens with zero attached hydrogens (tertiary/aromatic N) is 1. The molecule has 5 heteroatoms. The summed E-state index contributed by atoms with van der Waals surface area (Å²) in [6.07, 6.45) is 0.879. The van der Waals surface area contributed by atoms with Gasteiger partial charge in [0.1, 0.15) is 0 Å². The van der Waals surface area contributed by atoms with Crippen LogP contribution in [0, 0.1) is 6.92 Å². The van der Waals surface area contributed by atoms with E-state index in [0.717, 1.165) is 37.6 Å². The molecule has 1 fully saturated rings. The maximum absolute atomic E-state index is 12.2. The summed E-state index contributed by atoms with van der Waals surface area (Å²) in [5.41, 5.74) is 3.71. The van der Waals surface area contributed by atoms with Gasteiger partial charge >= 0.3 is 0 Å². The Hall–Kier alpha value is -2.04. The van der Waals surface area contributed by atoms with E-state index in [-0.39, 0.29) is 5.91 Å². The monoisotopic (exact) mass is 372 g/mol. The minimum atomic E-state index is 0.142. The molecule has 0 bridgehead atoms. The number of halogens is 1. The average Bonchev–Trinajstić information content (AvgIpc) is 2.65. The van der Waals surface area contributed by atoms with Gasteiger partial charge < -0.3 is 15.1 Å². The number of quaternary nitrogens is 1.